The van der Waals surface area contributed by atoms with Crippen LogP contribution in [0.4, 0.5) is 11.6 Å². The second-order valence-corrected chi connectivity index (χ2v) is 10.9. The van der Waals surface area contributed by atoms with Crippen LogP contribution in [-0.2, 0) is 18.5 Å². The number of aliphatic hydroxyl groups is 1. The maximum Gasteiger partial charge on any atom is 0.263 e. The minimum Gasteiger partial charge on any atom is -0.390 e. The third-order valence-corrected chi connectivity index (χ3v) is 7.09. The van der Waals surface area contributed by atoms with Gasteiger partial charge < -0.3 is 21.5 Å². The highest BCUT2D eigenvalue weighted by Gasteiger charge is 2.20. The first-order chi connectivity index (χ1) is 17.6. The molecule has 1 atom stereocenters. The summed E-state index contributed by atoms with van der Waals surface area (Å²) in [6, 6.07) is 7.88. The van der Waals surface area contributed by atoms with Gasteiger partial charge in [0.05, 0.1) is 41.4 Å². The van der Waals surface area contributed by atoms with Crippen LogP contribution in [0.3, 0.4) is 0 Å². The summed E-state index contributed by atoms with van der Waals surface area (Å²) in [5.74, 6) is 0.313. The molecule has 1 unspecified atom stereocenters. The molecule has 0 aliphatic carbocycles. The third-order valence-electron chi connectivity index (χ3n) is 5.66. The molecule has 0 aliphatic heterocycles. The van der Waals surface area contributed by atoms with Crippen LogP contribution in [0.1, 0.15) is 46.6 Å². The third kappa shape index (κ3) is 6.76. The largest absolute Gasteiger partial charge is 0.390 e. The monoisotopic (exact) mass is 520 g/mol. The highest BCUT2D eigenvalue weighted by Crippen LogP contribution is 2.27. The van der Waals surface area contributed by atoms with E-state index in [-0.39, 0.29) is 17.9 Å². The average molecular weight is 521 g/mol. The van der Waals surface area contributed by atoms with E-state index in [9.17, 15) is 9.90 Å². The minimum absolute atomic E-state index is 0.0813. The lowest BCUT2D eigenvalue weighted by Gasteiger charge is -2.13. The fourth-order valence-corrected chi connectivity index (χ4v) is 4.46. The smallest absolute Gasteiger partial charge is 0.263 e. The van der Waals surface area contributed by atoms with Crippen LogP contribution in [0.25, 0.3) is 11.3 Å². The number of thiazole rings is 1. The number of amides is 1. The molecule has 37 heavy (non-hydrogen) atoms. The van der Waals surface area contributed by atoms with Crippen molar-refractivity contribution in [1.82, 2.24) is 30.0 Å². The number of nitrogens with zero attached hydrogens (tertiary/aromatic N) is 5. The fourth-order valence-electron chi connectivity index (χ4n) is 3.57. The Bertz CT molecular complexity index is 1370. The fraction of sp³-hybridized carbons (Fsp3) is 0.346. The highest BCUT2D eigenvalue weighted by molar-refractivity contribution is 7.13. The zero-order chi connectivity index (χ0) is 26.6. The number of nitrogens with two attached hydrogens (primary N) is 1. The van der Waals surface area contributed by atoms with Crippen molar-refractivity contribution in [2.75, 3.05) is 11.9 Å². The Morgan fingerprint density at radius 2 is 2.03 bits per heavy atom. The van der Waals surface area contributed by atoms with Gasteiger partial charge in [-0.15, -0.1) is 11.3 Å². The molecular weight excluding hydrogens is 488 g/mol. The molecule has 1 aromatic carbocycles. The molecule has 0 saturated heterocycles. The Hall–Kier alpha value is -3.67. The molecular formula is C26H32N8O2S. The van der Waals surface area contributed by atoms with E-state index in [4.69, 9.17) is 5.73 Å². The molecule has 4 rings (SSSR count). The van der Waals surface area contributed by atoms with Crippen LogP contribution < -0.4 is 16.4 Å². The van der Waals surface area contributed by atoms with Gasteiger partial charge >= 0.3 is 0 Å². The number of carbonyl (C=O) groups excluding carboxylic acids is 1. The van der Waals surface area contributed by atoms with Crippen molar-refractivity contribution in [3.8, 4) is 11.3 Å². The van der Waals surface area contributed by atoms with Gasteiger partial charge in [0, 0.05) is 36.5 Å². The van der Waals surface area contributed by atoms with Crippen molar-refractivity contribution in [1.29, 1.82) is 0 Å². The predicted molar refractivity (Wildman–Crippen MR) is 145 cm³/mol. The maximum atomic E-state index is 12.6. The second-order valence-electron chi connectivity index (χ2n) is 9.83. The standard InChI is InChI=1S/C26H32N8O2S/c1-16-9-17(5-6-18(16)11-29-23(36)22-13-30-24(37-22)26(2,3)4)21-7-8-28-25(33-21)32-19-12-31-34(14-19)15-20(35)10-27/h5-9,12-14,20,35H,10-11,15,27H2,1-4H3,(H,29,36)(H,28,32,33). The molecule has 11 heteroatoms. The van der Waals surface area contributed by atoms with Gasteiger partial charge in [0.1, 0.15) is 4.88 Å². The van der Waals surface area contributed by atoms with Crippen molar-refractivity contribution in [3.63, 3.8) is 0 Å². The Morgan fingerprint density at radius 3 is 2.73 bits per heavy atom. The van der Waals surface area contributed by atoms with Crippen molar-refractivity contribution in [2.24, 2.45) is 5.73 Å². The number of anilines is 2. The molecule has 0 bridgehead atoms. The summed E-state index contributed by atoms with van der Waals surface area (Å²) in [4.78, 5) is 26.6. The van der Waals surface area contributed by atoms with Gasteiger partial charge in [-0.2, -0.15) is 5.10 Å². The molecule has 0 fully saturated rings. The number of hydrogen-bond acceptors (Lipinski definition) is 9. The number of rotatable bonds is 9. The van der Waals surface area contributed by atoms with Gasteiger partial charge in [-0.1, -0.05) is 32.9 Å². The molecule has 4 aromatic rings. The van der Waals surface area contributed by atoms with E-state index in [0.717, 1.165) is 27.4 Å². The summed E-state index contributed by atoms with van der Waals surface area (Å²) in [5, 5.41) is 21.0. The Balaban J connectivity index is 1.40. The van der Waals surface area contributed by atoms with E-state index in [0.29, 0.717) is 29.6 Å². The van der Waals surface area contributed by atoms with Gasteiger partial charge in [-0.05, 0) is 30.2 Å². The minimum atomic E-state index is -0.652. The molecule has 1 amide bonds. The molecule has 194 valence electrons. The molecule has 5 N–H and O–H groups in total. The van der Waals surface area contributed by atoms with Crippen molar-refractivity contribution in [3.05, 3.63) is 70.1 Å². The zero-order valence-electron chi connectivity index (χ0n) is 21.4. The number of carbonyl (C=O) groups is 1. The second kappa shape index (κ2) is 11.2. The molecule has 0 spiro atoms. The zero-order valence-corrected chi connectivity index (χ0v) is 22.2. The van der Waals surface area contributed by atoms with E-state index >= 15 is 0 Å². The Kier molecular flexibility index (Phi) is 7.96. The predicted octanol–water partition coefficient (Wildman–Crippen LogP) is 3.40. The first-order valence-electron chi connectivity index (χ1n) is 12.0. The van der Waals surface area contributed by atoms with Crippen molar-refractivity contribution < 1.29 is 9.90 Å². The normalized spacial score (nSPS) is 12.4. The molecule has 10 nitrogen and oxygen atoms in total. The molecule has 0 saturated carbocycles. The number of aliphatic hydroxyl groups excluding tert-OH is 1. The summed E-state index contributed by atoms with van der Waals surface area (Å²) in [6.07, 6.45) is 6.09. The van der Waals surface area contributed by atoms with Gasteiger partial charge in [-0.3, -0.25) is 9.48 Å². The van der Waals surface area contributed by atoms with Crippen LogP contribution in [0.15, 0.2) is 49.1 Å². The lowest BCUT2D eigenvalue weighted by Crippen LogP contribution is -2.25. The lowest BCUT2D eigenvalue weighted by molar-refractivity contribution is 0.0954. The first kappa shape index (κ1) is 26.4. The summed E-state index contributed by atoms with van der Waals surface area (Å²) in [7, 11) is 0. The van der Waals surface area contributed by atoms with Gasteiger partial charge in [-0.25, -0.2) is 15.0 Å². The number of hydrogen-bond donors (Lipinski definition) is 4. The molecule has 0 radical (unpaired) electrons. The number of benzene rings is 1. The average Bonchev–Trinajstić information content (AvgIpc) is 3.53. The van der Waals surface area contributed by atoms with Crippen LogP contribution in [0, 0.1) is 6.92 Å². The highest BCUT2D eigenvalue weighted by atomic mass is 32.1. The van der Waals surface area contributed by atoms with Gasteiger partial charge in [0.25, 0.3) is 5.91 Å². The van der Waals surface area contributed by atoms with E-state index in [1.54, 1.807) is 29.5 Å². The van der Waals surface area contributed by atoms with Crippen LogP contribution in [-0.4, -0.2) is 48.4 Å². The number of aryl methyl sites for hydroxylation is 1. The summed E-state index contributed by atoms with van der Waals surface area (Å²) in [6.45, 7) is 9.17. The van der Waals surface area contributed by atoms with E-state index in [2.05, 4.69) is 51.5 Å². The lowest BCUT2D eigenvalue weighted by atomic mass is 9.98. The quantitative estimate of drug-likeness (QED) is 0.263. The summed E-state index contributed by atoms with van der Waals surface area (Å²) >= 11 is 1.43. The first-order valence-corrected chi connectivity index (χ1v) is 12.8. The van der Waals surface area contributed by atoms with Crippen LogP contribution in [0.2, 0.25) is 0 Å². The molecule has 0 aliphatic rings. The van der Waals surface area contributed by atoms with E-state index in [1.165, 1.54) is 11.3 Å². The topological polar surface area (TPSA) is 144 Å². The Labute approximate surface area is 220 Å². The molecule has 3 aromatic heterocycles. The van der Waals surface area contributed by atoms with Crippen molar-refractivity contribution >= 4 is 28.9 Å². The SMILES string of the molecule is Cc1cc(-c2ccnc(Nc3cnn(CC(O)CN)c3)n2)ccc1CNC(=O)c1cnc(C(C)(C)C)s1. The van der Waals surface area contributed by atoms with Crippen LogP contribution >= 0.6 is 11.3 Å². The maximum absolute atomic E-state index is 12.6. The van der Waals surface area contributed by atoms with E-state index < -0.39 is 6.10 Å². The van der Waals surface area contributed by atoms with Gasteiger partial charge in [0.15, 0.2) is 0 Å². The number of aromatic nitrogens is 5. The van der Waals surface area contributed by atoms with Crippen molar-refractivity contribution in [2.45, 2.75) is 52.3 Å². The van der Waals surface area contributed by atoms with Crippen LogP contribution in [0.5, 0.6) is 0 Å². The van der Waals surface area contributed by atoms with Gasteiger partial charge in [0.2, 0.25) is 5.95 Å². The molecule has 3 heterocycles. The summed E-state index contributed by atoms with van der Waals surface area (Å²) < 4.78 is 1.61. The van der Waals surface area contributed by atoms with E-state index in [1.807, 2.05) is 31.2 Å². The Morgan fingerprint density at radius 1 is 1.22 bits per heavy atom. The number of nitrogens with one attached hydrogen (secondary N) is 2. The summed E-state index contributed by atoms with van der Waals surface area (Å²) in [5.41, 5.74) is 9.87.